The molecule has 9 nitrogen and oxygen atoms in total. The highest BCUT2D eigenvalue weighted by Gasteiger charge is 2.45. The van der Waals surface area contributed by atoms with E-state index in [0.717, 1.165) is 39.3 Å². The summed E-state index contributed by atoms with van der Waals surface area (Å²) < 4.78 is 29.9. The molecule has 1 heterocycles. The average molecular weight is 591 g/mol. The molecule has 0 amide bonds. The van der Waals surface area contributed by atoms with Gasteiger partial charge in [0.15, 0.2) is 0 Å². The topological polar surface area (TPSA) is 88.4 Å². The van der Waals surface area contributed by atoms with Crippen molar-refractivity contribution in [3.8, 4) is 0 Å². The first-order chi connectivity index (χ1) is 14.9. The third-order valence-corrected chi connectivity index (χ3v) is 20.4. The summed E-state index contributed by atoms with van der Waals surface area (Å²) in [5, 5.41) is -3.14. The maximum atomic E-state index is 7.18. The fourth-order valence-electron chi connectivity index (χ4n) is 3.88. The smallest absolute Gasteiger partial charge is 0.267 e. The fraction of sp³-hybridized carbons (Fsp3) is 1.00. The summed E-state index contributed by atoms with van der Waals surface area (Å²) in [5.74, 6) is 0. The summed E-state index contributed by atoms with van der Waals surface area (Å²) >= 11 is 19.2. The molecule has 1 aliphatic rings. The van der Waals surface area contributed by atoms with Gasteiger partial charge in [0.25, 0.3) is 7.51 Å². The van der Waals surface area contributed by atoms with Gasteiger partial charge in [-0.2, -0.15) is 18.1 Å². The van der Waals surface area contributed by atoms with E-state index in [-0.39, 0.29) is 0 Å². The first-order valence-corrected chi connectivity index (χ1v) is 20.7. The van der Waals surface area contributed by atoms with Gasteiger partial charge in [0.2, 0.25) is 20.1 Å². The summed E-state index contributed by atoms with van der Waals surface area (Å²) in [6.07, 6.45) is 0. The van der Waals surface area contributed by atoms with Crippen LogP contribution in [0.1, 0.15) is 55.4 Å². The normalized spacial score (nSPS) is 25.8. The zero-order valence-electron chi connectivity index (χ0n) is 20.7. The van der Waals surface area contributed by atoms with Crippen LogP contribution in [0.25, 0.3) is 0 Å². The zero-order valence-corrected chi connectivity index (χ0v) is 26.6. The van der Waals surface area contributed by atoms with Gasteiger partial charge < -0.3 is 0 Å². The van der Waals surface area contributed by atoms with Gasteiger partial charge in [0.05, 0.1) is 0 Å². The molecule has 32 heavy (non-hydrogen) atoms. The van der Waals surface area contributed by atoms with Crippen molar-refractivity contribution in [3.63, 3.8) is 0 Å². The molecule has 0 spiro atoms. The van der Waals surface area contributed by atoms with Crippen LogP contribution in [-0.2, 0) is 0 Å². The van der Waals surface area contributed by atoms with E-state index < -0.39 is 27.6 Å². The van der Waals surface area contributed by atoms with Gasteiger partial charge >= 0.3 is 0 Å². The van der Waals surface area contributed by atoms with Crippen molar-refractivity contribution >= 4 is 61.4 Å². The molecule has 0 aromatic carbocycles. The lowest BCUT2D eigenvalue weighted by molar-refractivity contribution is 0.413. The predicted octanol–water partition coefficient (Wildman–Crippen LogP) is 8.83. The van der Waals surface area contributed by atoms with E-state index in [1.54, 1.807) is 0 Å². The SMILES string of the molecule is CCN(CC)P1(N)=NP(N=P(Cl)(Cl)Cl)(N(CC)CC)=NP(N(CC)CC)(N(CC)CC)=N1. The molecule has 16 heteroatoms. The van der Waals surface area contributed by atoms with Crippen molar-refractivity contribution in [2.45, 2.75) is 55.4 Å². The Bertz CT molecular complexity index is 804. The van der Waals surface area contributed by atoms with Crippen molar-refractivity contribution in [2.24, 2.45) is 23.6 Å². The molecule has 0 radical (unpaired) electrons. The van der Waals surface area contributed by atoms with Crippen LogP contribution < -0.4 is 5.50 Å². The molecule has 192 valence electrons. The molecule has 0 saturated carbocycles. The Morgan fingerprint density at radius 1 is 0.625 bits per heavy atom. The summed E-state index contributed by atoms with van der Waals surface area (Å²) in [5.41, 5.74) is 7.18. The van der Waals surface area contributed by atoms with Crippen LogP contribution in [0.4, 0.5) is 0 Å². The molecule has 0 bridgehead atoms. The Kier molecular flexibility index (Phi) is 13.1. The third-order valence-electron chi connectivity index (χ3n) is 5.44. The molecule has 2 unspecified atom stereocenters. The van der Waals surface area contributed by atoms with E-state index in [1.807, 2.05) is 0 Å². The molecular formula is C16H42Cl3N9P4. The lowest BCUT2D eigenvalue weighted by Crippen LogP contribution is -2.34. The molecule has 2 N–H and O–H groups in total. The minimum atomic E-state index is -3.14. The van der Waals surface area contributed by atoms with E-state index in [4.69, 9.17) is 57.3 Å². The quantitative estimate of drug-likeness (QED) is 0.217. The van der Waals surface area contributed by atoms with Crippen molar-refractivity contribution < 1.29 is 0 Å². The number of hydrogen-bond acceptors (Lipinski definition) is 9. The lowest BCUT2D eigenvalue weighted by Gasteiger charge is -2.46. The Morgan fingerprint density at radius 2 is 1.00 bits per heavy atom. The highest BCUT2D eigenvalue weighted by atomic mass is 36.0. The van der Waals surface area contributed by atoms with E-state index in [2.05, 4.69) is 74.1 Å². The van der Waals surface area contributed by atoms with Crippen molar-refractivity contribution in [1.29, 1.82) is 0 Å². The molecule has 0 aromatic heterocycles. The number of nitrogens with zero attached hydrogens (tertiary/aromatic N) is 8. The number of rotatable bonds is 13. The van der Waals surface area contributed by atoms with Crippen LogP contribution in [0, 0.1) is 0 Å². The Labute approximate surface area is 210 Å². The van der Waals surface area contributed by atoms with Crippen LogP contribution in [0.5, 0.6) is 0 Å². The fourth-order valence-corrected chi connectivity index (χ4v) is 21.4. The Morgan fingerprint density at radius 3 is 1.31 bits per heavy atom. The van der Waals surface area contributed by atoms with E-state index >= 15 is 0 Å². The van der Waals surface area contributed by atoms with Crippen LogP contribution in [0.3, 0.4) is 0 Å². The molecule has 0 aromatic rings. The third kappa shape index (κ3) is 6.87. The zero-order chi connectivity index (χ0) is 24.8. The highest BCUT2D eigenvalue weighted by molar-refractivity contribution is 8.27. The second-order valence-corrected chi connectivity index (χ2v) is 22.3. The predicted molar refractivity (Wildman–Crippen MR) is 151 cm³/mol. The molecule has 0 saturated heterocycles. The first-order valence-electron chi connectivity index (χ1n) is 11.4. The molecular weight excluding hydrogens is 548 g/mol. The van der Waals surface area contributed by atoms with Gasteiger partial charge in [0, 0.05) is 52.4 Å². The van der Waals surface area contributed by atoms with Crippen molar-refractivity contribution in [2.75, 3.05) is 52.4 Å². The van der Waals surface area contributed by atoms with E-state index in [9.17, 15) is 0 Å². The number of hydrogen-bond donors (Lipinski definition) is 1. The van der Waals surface area contributed by atoms with E-state index in [1.165, 1.54) is 0 Å². The van der Waals surface area contributed by atoms with Gasteiger partial charge in [-0.1, -0.05) is 55.4 Å². The van der Waals surface area contributed by atoms with Crippen LogP contribution in [0.15, 0.2) is 18.1 Å². The van der Waals surface area contributed by atoms with Gasteiger partial charge in [-0.05, 0) is 33.7 Å². The summed E-state index contributed by atoms with van der Waals surface area (Å²) in [6.45, 7) is 22.8. The maximum absolute atomic E-state index is 7.18. The summed E-state index contributed by atoms with van der Waals surface area (Å²) in [6, 6.07) is 0. The first kappa shape index (κ1) is 31.6. The van der Waals surface area contributed by atoms with Crippen LogP contribution in [0.2, 0.25) is 0 Å². The second-order valence-electron chi connectivity index (χ2n) is 7.02. The number of halogens is 3. The largest absolute Gasteiger partial charge is 0.267 e. The van der Waals surface area contributed by atoms with Gasteiger partial charge in [0.1, 0.15) is 0 Å². The molecule has 0 fully saturated rings. The minimum absolute atomic E-state index is 0.681. The Hall–Kier alpha value is 1.59. The highest BCUT2D eigenvalue weighted by Crippen LogP contribution is 2.84. The van der Waals surface area contributed by atoms with E-state index in [0.29, 0.717) is 13.1 Å². The van der Waals surface area contributed by atoms with Crippen LogP contribution >= 0.6 is 61.4 Å². The van der Waals surface area contributed by atoms with Crippen LogP contribution in [-0.4, -0.2) is 71.0 Å². The lowest BCUT2D eigenvalue weighted by atomic mass is 10.7. The second kappa shape index (κ2) is 13.2. The average Bonchev–Trinajstić information content (AvgIpc) is 2.69. The van der Waals surface area contributed by atoms with Gasteiger partial charge in [-0.25, -0.2) is 18.7 Å². The molecule has 0 aliphatic carbocycles. The minimum Gasteiger partial charge on any atom is -0.267 e. The molecule has 2 atom stereocenters. The molecule has 1 rings (SSSR count). The monoisotopic (exact) mass is 589 g/mol. The molecule has 1 aliphatic heterocycles. The number of nitrogens with two attached hydrogens (primary N) is 1. The van der Waals surface area contributed by atoms with Crippen molar-refractivity contribution in [1.82, 2.24) is 18.7 Å². The summed E-state index contributed by atoms with van der Waals surface area (Å²) in [7, 11) is -8.46. The van der Waals surface area contributed by atoms with Crippen molar-refractivity contribution in [3.05, 3.63) is 0 Å². The maximum Gasteiger partial charge on any atom is 0.267 e. The standard InChI is InChI=1S/C16H42Cl3N9P4/c1-9-25(10-2)30(20)22-31(21-29(17,18)19,26(11-3)12-4)24-32(23-30,27(13-5)14-6)28(15-7)16-8/h9-16,20H2,1-8H3. The van der Waals surface area contributed by atoms with Gasteiger partial charge in [-0.15, -0.1) is 0 Å². The Balaban J connectivity index is 4.44. The summed E-state index contributed by atoms with van der Waals surface area (Å²) in [4.78, 5) is 0. The van der Waals surface area contributed by atoms with Gasteiger partial charge in [-0.3, -0.25) is 5.50 Å².